The molecule has 14 heavy (non-hydrogen) atoms. The molecule has 0 saturated carbocycles. The van der Waals surface area contributed by atoms with Crippen molar-refractivity contribution < 1.29 is 0 Å². The third kappa shape index (κ3) is 1.75. The first-order valence-electron chi connectivity index (χ1n) is 5.31. The van der Waals surface area contributed by atoms with Crippen molar-refractivity contribution in [3.05, 3.63) is 29.8 Å². The Bertz CT molecular complexity index is 309. The fourth-order valence-electron chi connectivity index (χ4n) is 2.02. The molecule has 1 aliphatic rings. The van der Waals surface area contributed by atoms with E-state index in [1.165, 1.54) is 24.2 Å². The molecular weight excluding hydrogens is 172 g/mol. The van der Waals surface area contributed by atoms with E-state index < -0.39 is 0 Å². The van der Waals surface area contributed by atoms with Crippen LogP contribution in [0.4, 0.5) is 5.69 Å². The van der Waals surface area contributed by atoms with E-state index in [0.717, 1.165) is 6.54 Å². The minimum Gasteiger partial charge on any atom is -0.369 e. The van der Waals surface area contributed by atoms with E-state index in [0.29, 0.717) is 6.04 Å². The molecule has 2 rings (SSSR count). The number of likely N-dealkylation sites (N-methyl/N-ethyl adjacent to an activating group) is 1. The summed E-state index contributed by atoms with van der Waals surface area (Å²) in [6, 6.07) is 9.27. The molecule has 0 bridgehead atoms. The standard InChI is InChI=1S/C12H18N2/c1-10(13-2)9-14-8-7-11-5-3-4-6-12(11)14/h3-6,10,13H,7-9H2,1-2H3. The molecular formula is C12H18N2. The van der Waals surface area contributed by atoms with Crippen molar-refractivity contribution in [2.75, 3.05) is 25.0 Å². The summed E-state index contributed by atoms with van der Waals surface area (Å²) in [6.45, 7) is 4.50. The third-order valence-electron chi connectivity index (χ3n) is 2.97. The second-order valence-corrected chi connectivity index (χ2v) is 4.01. The van der Waals surface area contributed by atoms with Crippen molar-refractivity contribution in [3.63, 3.8) is 0 Å². The molecule has 0 aliphatic carbocycles. The Labute approximate surface area is 85.9 Å². The van der Waals surface area contributed by atoms with Crippen LogP contribution in [0.1, 0.15) is 12.5 Å². The molecule has 1 atom stereocenters. The van der Waals surface area contributed by atoms with E-state index in [-0.39, 0.29) is 0 Å². The lowest BCUT2D eigenvalue weighted by atomic mass is 10.2. The lowest BCUT2D eigenvalue weighted by Crippen LogP contribution is -2.36. The SMILES string of the molecule is CNC(C)CN1CCc2ccccc21. The van der Waals surface area contributed by atoms with Gasteiger partial charge in [-0.15, -0.1) is 0 Å². The first-order valence-corrected chi connectivity index (χ1v) is 5.31. The van der Waals surface area contributed by atoms with Gasteiger partial charge >= 0.3 is 0 Å². The number of fused-ring (bicyclic) bond motifs is 1. The monoisotopic (exact) mass is 190 g/mol. The molecule has 0 fully saturated rings. The van der Waals surface area contributed by atoms with Crippen molar-refractivity contribution in [2.45, 2.75) is 19.4 Å². The summed E-state index contributed by atoms with van der Waals surface area (Å²) in [5.74, 6) is 0. The highest BCUT2D eigenvalue weighted by Crippen LogP contribution is 2.27. The smallest absolute Gasteiger partial charge is 0.0400 e. The Morgan fingerprint density at radius 2 is 2.21 bits per heavy atom. The zero-order chi connectivity index (χ0) is 9.97. The van der Waals surface area contributed by atoms with E-state index in [2.05, 4.69) is 41.4 Å². The number of hydrogen-bond donors (Lipinski definition) is 1. The molecule has 0 spiro atoms. The summed E-state index contributed by atoms with van der Waals surface area (Å²) in [7, 11) is 2.02. The summed E-state index contributed by atoms with van der Waals surface area (Å²) in [5, 5.41) is 3.28. The van der Waals surface area contributed by atoms with Crippen molar-refractivity contribution in [2.24, 2.45) is 0 Å². The molecule has 0 amide bonds. The maximum absolute atomic E-state index is 3.28. The average Bonchev–Trinajstić information content (AvgIpc) is 2.62. The van der Waals surface area contributed by atoms with Crippen LogP contribution < -0.4 is 10.2 Å². The molecule has 1 unspecified atom stereocenters. The molecule has 0 saturated heterocycles. The number of nitrogens with one attached hydrogen (secondary N) is 1. The first kappa shape index (κ1) is 9.53. The van der Waals surface area contributed by atoms with Crippen LogP contribution in [0.2, 0.25) is 0 Å². The van der Waals surface area contributed by atoms with Crippen molar-refractivity contribution >= 4 is 5.69 Å². The lowest BCUT2D eigenvalue weighted by Gasteiger charge is -2.23. The van der Waals surface area contributed by atoms with Crippen LogP contribution in [0, 0.1) is 0 Å². The molecule has 2 nitrogen and oxygen atoms in total. The van der Waals surface area contributed by atoms with Crippen LogP contribution in [0.3, 0.4) is 0 Å². The van der Waals surface area contributed by atoms with E-state index in [4.69, 9.17) is 0 Å². The van der Waals surface area contributed by atoms with E-state index in [9.17, 15) is 0 Å². The Balaban J connectivity index is 2.10. The zero-order valence-electron chi connectivity index (χ0n) is 8.96. The molecule has 76 valence electrons. The van der Waals surface area contributed by atoms with Gasteiger partial charge in [-0.05, 0) is 32.0 Å². The van der Waals surface area contributed by atoms with Gasteiger partial charge in [0.15, 0.2) is 0 Å². The third-order valence-corrected chi connectivity index (χ3v) is 2.97. The average molecular weight is 190 g/mol. The molecule has 1 N–H and O–H groups in total. The van der Waals surface area contributed by atoms with Gasteiger partial charge in [0, 0.05) is 24.8 Å². The van der Waals surface area contributed by atoms with Crippen molar-refractivity contribution in [1.82, 2.24) is 5.32 Å². The minimum atomic E-state index is 0.557. The molecule has 0 aromatic heterocycles. The summed E-state index contributed by atoms with van der Waals surface area (Å²) >= 11 is 0. The predicted octanol–water partition coefficient (Wildman–Crippen LogP) is 1.66. The summed E-state index contributed by atoms with van der Waals surface area (Å²) in [5.41, 5.74) is 2.92. The highest BCUT2D eigenvalue weighted by atomic mass is 15.2. The van der Waals surface area contributed by atoms with Crippen molar-refractivity contribution in [1.29, 1.82) is 0 Å². The van der Waals surface area contributed by atoms with Crippen molar-refractivity contribution in [3.8, 4) is 0 Å². The molecule has 1 aromatic carbocycles. The number of anilines is 1. The summed E-state index contributed by atoms with van der Waals surface area (Å²) in [4.78, 5) is 2.47. The summed E-state index contributed by atoms with van der Waals surface area (Å²) in [6.07, 6.45) is 1.20. The van der Waals surface area contributed by atoms with Gasteiger partial charge in [0.05, 0.1) is 0 Å². The quantitative estimate of drug-likeness (QED) is 0.779. The topological polar surface area (TPSA) is 15.3 Å². The van der Waals surface area contributed by atoms with Crippen LogP contribution in [0.15, 0.2) is 24.3 Å². The zero-order valence-corrected chi connectivity index (χ0v) is 8.96. The van der Waals surface area contributed by atoms with Gasteiger partial charge in [0.1, 0.15) is 0 Å². The number of nitrogens with zero attached hydrogens (tertiary/aromatic N) is 1. The number of rotatable bonds is 3. The molecule has 1 aromatic rings. The maximum Gasteiger partial charge on any atom is 0.0400 e. The maximum atomic E-state index is 3.28. The minimum absolute atomic E-state index is 0.557. The summed E-state index contributed by atoms with van der Waals surface area (Å²) < 4.78 is 0. The normalized spacial score (nSPS) is 16.9. The molecule has 1 heterocycles. The number of benzene rings is 1. The molecule has 2 heteroatoms. The van der Waals surface area contributed by atoms with Crippen LogP contribution in [-0.4, -0.2) is 26.2 Å². The number of hydrogen-bond acceptors (Lipinski definition) is 2. The van der Waals surface area contributed by atoms with Gasteiger partial charge in [-0.3, -0.25) is 0 Å². The van der Waals surface area contributed by atoms with Gasteiger partial charge in [-0.2, -0.15) is 0 Å². The van der Waals surface area contributed by atoms with Crippen LogP contribution in [0.5, 0.6) is 0 Å². The van der Waals surface area contributed by atoms with E-state index in [1.54, 1.807) is 0 Å². The Hall–Kier alpha value is -1.02. The first-order chi connectivity index (χ1) is 6.81. The Morgan fingerprint density at radius 1 is 1.43 bits per heavy atom. The largest absolute Gasteiger partial charge is 0.369 e. The van der Waals surface area contributed by atoms with Gasteiger partial charge in [-0.1, -0.05) is 18.2 Å². The fraction of sp³-hybridized carbons (Fsp3) is 0.500. The van der Waals surface area contributed by atoms with Gasteiger partial charge in [-0.25, -0.2) is 0 Å². The van der Waals surface area contributed by atoms with Gasteiger partial charge in [0.2, 0.25) is 0 Å². The second-order valence-electron chi connectivity index (χ2n) is 4.01. The van der Waals surface area contributed by atoms with Crippen LogP contribution in [-0.2, 0) is 6.42 Å². The fourth-order valence-corrected chi connectivity index (χ4v) is 2.02. The Morgan fingerprint density at radius 3 is 3.00 bits per heavy atom. The molecule has 0 radical (unpaired) electrons. The number of para-hydroxylation sites is 1. The predicted molar refractivity (Wildman–Crippen MR) is 60.9 cm³/mol. The molecule has 1 aliphatic heterocycles. The van der Waals surface area contributed by atoms with Crippen LogP contribution >= 0.6 is 0 Å². The van der Waals surface area contributed by atoms with E-state index in [1.807, 2.05) is 7.05 Å². The van der Waals surface area contributed by atoms with Gasteiger partial charge in [0.25, 0.3) is 0 Å². The van der Waals surface area contributed by atoms with E-state index >= 15 is 0 Å². The Kier molecular flexibility index (Phi) is 2.73. The second kappa shape index (κ2) is 4.01. The highest BCUT2D eigenvalue weighted by molar-refractivity contribution is 5.57. The highest BCUT2D eigenvalue weighted by Gasteiger charge is 2.18. The van der Waals surface area contributed by atoms with Crippen LogP contribution in [0.25, 0.3) is 0 Å². The van der Waals surface area contributed by atoms with Gasteiger partial charge < -0.3 is 10.2 Å². The lowest BCUT2D eigenvalue weighted by molar-refractivity contribution is 0.594.